The Labute approximate surface area is 187 Å². The third kappa shape index (κ3) is 3.45. The van der Waals surface area contributed by atoms with Gasteiger partial charge in [0.15, 0.2) is 0 Å². The van der Waals surface area contributed by atoms with Crippen molar-refractivity contribution in [2.75, 3.05) is 6.54 Å². The molecule has 6 rings (SSSR count). The first-order chi connectivity index (χ1) is 15.8. The molecule has 2 aromatic carbocycles. The topological polar surface area (TPSA) is 95.4 Å². The van der Waals surface area contributed by atoms with E-state index in [2.05, 4.69) is 62.7 Å². The highest BCUT2D eigenvalue weighted by molar-refractivity contribution is 5.75. The molecule has 1 saturated heterocycles. The number of nitrogens with zero attached hydrogens (tertiary/aromatic N) is 2. The second kappa shape index (κ2) is 8.04. The molecule has 6 nitrogen and oxygen atoms in total. The molecule has 2 aromatic heterocycles. The van der Waals surface area contributed by atoms with E-state index in [-0.39, 0.29) is 0 Å². The van der Waals surface area contributed by atoms with Gasteiger partial charge in [-0.15, -0.1) is 0 Å². The van der Waals surface area contributed by atoms with Gasteiger partial charge in [0.1, 0.15) is 11.6 Å². The highest BCUT2D eigenvalue weighted by Gasteiger charge is 2.24. The van der Waals surface area contributed by atoms with E-state index < -0.39 is 0 Å². The van der Waals surface area contributed by atoms with Gasteiger partial charge in [0, 0.05) is 11.3 Å². The molecule has 162 valence electrons. The molecule has 0 bridgehead atoms. The van der Waals surface area contributed by atoms with E-state index in [1.165, 1.54) is 40.8 Å². The van der Waals surface area contributed by atoms with Gasteiger partial charge in [-0.05, 0) is 60.9 Å². The van der Waals surface area contributed by atoms with E-state index in [0.29, 0.717) is 12.6 Å². The first-order valence-corrected chi connectivity index (χ1v) is 11.6. The molecule has 0 spiro atoms. The fourth-order valence-electron chi connectivity index (χ4n) is 5.04. The Morgan fingerprint density at radius 2 is 1.78 bits per heavy atom. The zero-order chi connectivity index (χ0) is 21.5. The number of benzene rings is 2. The highest BCUT2D eigenvalue weighted by Crippen LogP contribution is 2.36. The number of aromatic nitrogens is 4. The maximum absolute atomic E-state index is 5.67. The summed E-state index contributed by atoms with van der Waals surface area (Å²) in [6, 6.07) is 15.9. The lowest BCUT2D eigenvalue weighted by molar-refractivity contribution is 0.610. The Morgan fingerprint density at radius 3 is 2.56 bits per heavy atom. The number of aromatic amines is 2. The highest BCUT2D eigenvalue weighted by atomic mass is 15.0. The largest absolute Gasteiger partial charge is 0.344 e. The summed E-state index contributed by atoms with van der Waals surface area (Å²) in [7, 11) is 0. The van der Waals surface area contributed by atoms with Gasteiger partial charge in [-0.3, -0.25) is 0 Å². The molecule has 0 saturated carbocycles. The molecule has 1 fully saturated rings. The van der Waals surface area contributed by atoms with Crippen LogP contribution in [0, 0.1) is 0 Å². The Morgan fingerprint density at radius 1 is 0.938 bits per heavy atom. The first-order valence-electron chi connectivity index (χ1n) is 11.6. The summed E-state index contributed by atoms with van der Waals surface area (Å²) < 4.78 is 0. The predicted molar refractivity (Wildman–Crippen MR) is 127 cm³/mol. The third-order valence-electron chi connectivity index (χ3n) is 6.77. The lowest BCUT2D eigenvalue weighted by Gasteiger charge is -2.10. The molecular formula is C26H28N6. The summed E-state index contributed by atoms with van der Waals surface area (Å²) in [6.07, 6.45) is 7.52. The summed E-state index contributed by atoms with van der Waals surface area (Å²) in [6.45, 7) is 1.51. The monoisotopic (exact) mass is 424 g/mol. The van der Waals surface area contributed by atoms with Crippen LogP contribution in [0.25, 0.3) is 33.6 Å². The number of hydrogen-bond acceptors (Lipinski definition) is 4. The van der Waals surface area contributed by atoms with Gasteiger partial charge in [-0.1, -0.05) is 42.5 Å². The molecule has 1 aliphatic carbocycles. The van der Waals surface area contributed by atoms with Crippen LogP contribution in [0.3, 0.4) is 0 Å². The van der Waals surface area contributed by atoms with Crippen molar-refractivity contribution in [2.24, 2.45) is 5.73 Å². The van der Waals surface area contributed by atoms with Crippen molar-refractivity contribution in [1.82, 2.24) is 25.3 Å². The number of H-pyrrole nitrogens is 2. The Hall–Kier alpha value is -3.22. The number of nitrogens with two attached hydrogens (primary N) is 1. The summed E-state index contributed by atoms with van der Waals surface area (Å²) in [5.74, 6) is 1.91. The average molecular weight is 425 g/mol. The molecule has 6 heteroatoms. The van der Waals surface area contributed by atoms with Crippen LogP contribution < -0.4 is 11.1 Å². The van der Waals surface area contributed by atoms with Gasteiger partial charge in [-0.2, -0.15) is 0 Å². The first kappa shape index (κ1) is 19.5. The molecule has 3 heterocycles. The normalized spacial score (nSPS) is 17.7. The van der Waals surface area contributed by atoms with Gasteiger partial charge < -0.3 is 21.0 Å². The number of aryl methyl sites for hydroxylation is 2. The number of fused-ring (bicyclic) bond motifs is 3. The fourth-order valence-corrected chi connectivity index (χ4v) is 5.04. The fraction of sp³-hybridized carbons (Fsp3) is 0.308. The molecule has 1 atom stereocenters. The SMILES string of the molecule is NCc1ncc(-c2ccc(-c3ccc4c(c3)CCCc3[nH]c([C@@H]5CCCN5)nc3-4)cc2)[nH]1. The minimum absolute atomic E-state index is 0.374. The molecule has 0 radical (unpaired) electrons. The Bertz CT molecular complexity index is 1240. The minimum Gasteiger partial charge on any atom is -0.344 e. The molecule has 4 aromatic rings. The molecule has 2 aliphatic rings. The quantitative estimate of drug-likeness (QED) is 0.388. The summed E-state index contributed by atoms with van der Waals surface area (Å²) in [4.78, 5) is 16.3. The van der Waals surface area contributed by atoms with Crippen LogP contribution in [-0.2, 0) is 19.4 Å². The van der Waals surface area contributed by atoms with E-state index in [9.17, 15) is 0 Å². The second-order valence-electron chi connectivity index (χ2n) is 8.85. The van der Waals surface area contributed by atoms with Gasteiger partial charge in [-0.25, -0.2) is 9.97 Å². The second-order valence-corrected chi connectivity index (χ2v) is 8.85. The summed E-state index contributed by atoms with van der Waals surface area (Å²) >= 11 is 0. The van der Waals surface area contributed by atoms with Gasteiger partial charge >= 0.3 is 0 Å². The van der Waals surface area contributed by atoms with Crippen molar-refractivity contribution in [2.45, 2.75) is 44.7 Å². The van der Waals surface area contributed by atoms with Crippen molar-refractivity contribution >= 4 is 0 Å². The average Bonchev–Trinajstić information content (AvgIpc) is 3.59. The van der Waals surface area contributed by atoms with Crippen molar-refractivity contribution in [3.8, 4) is 33.6 Å². The number of imidazole rings is 2. The van der Waals surface area contributed by atoms with Gasteiger partial charge in [0.25, 0.3) is 0 Å². The van der Waals surface area contributed by atoms with Crippen LogP contribution in [0.5, 0.6) is 0 Å². The molecule has 0 amide bonds. The van der Waals surface area contributed by atoms with E-state index in [4.69, 9.17) is 10.7 Å². The smallest absolute Gasteiger partial charge is 0.124 e. The molecule has 1 aliphatic heterocycles. The maximum Gasteiger partial charge on any atom is 0.124 e. The van der Waals surface area contributed by atoms with Crippen molar-refractivity contribution in [1.29, 1.82) is 0 Å². The molecular weight excluding hydrogens is 396 g/mol. The zero-order valence-corrected chi connectivity index (χ0v) is 18.1. The van der Waals surface area contributed by atoms with Gasteiger partial charge in [0.2, 0.25) is 0 Å². The predicted octanol–water partition coefficient (Wildman–Crippen LogP) is 4.51. The molecule has 0 unspecified atom stereocenters. The van der Waals surface area contributed by atoms with Gasteiger partial charge in [0.05, 0.1) is 30.2 Å². The standard InChI is InChI=1S/C26H28N6/c27-14-24-29-15-23(30-24)17-8-6-16(7-9-17)18-10-11-20-19(13-18)3-1-4-21-25(20)32-26(31-21)22-5-2-12-28-22/h6-11,13,15,22,28H,1-5,12,14,27H2,(H,29,30)(H,31,32)/t22-/m0/s1. The lowest BCUT2D eigenvalue weighted by atomic mass is 9.95. The summed E-state index contributed by atoms with van der Waals surface area (Å²) in [5, 5.41) is 3.57. The van der Waals surface area contributed by atoms with Crippen LogP contribution in [0.4, 0.5) is 0 Å². The van der Waals surface area contributed by atoms with E-state index >= 15 is 0 Å². The van der Waals surface area contributed by atoms with E-state index in [1.807, 2.05) is 6.20 Å². The number of nitrogens with one attached hydrogen (secondary N) is 3. The molecule has 32 heavy (non-hydrogen) atoms. The van der Waals surface area contributed by atoms with E-state index in [1.54, 1.807) is 0 Å². The Balaban J connectivity index is 1.31. The number of rotatable bonds is 4. The molecule has 5 N–H and O–H groups in total. The summed E-state index contributed by atoms with van der Waals surface area (Å²) in [5.41, 5.74) is 15.4. The third-order valence-corrected chi connectivity index (χ3v) is 6.77. The van der Waals surface area contributed by atoms with Crippen molar-refractivity contribution in [3.05, 3.63) is 71.6 Å². The van der Waals surface area contributed by atoms with E-state index in [0.717, 1.165) is 54.4 Å². The van der Waals surface area contributed by atoms with Crippen molar-refractivity contribution in [3.63, 3.8) is 0 Å². The van der Waals surface area contributed by atoms with Crippen LogP contribution in [0.2, 0.25) is 0 Å². The lowest BCUT2D eigenvalue weighted by Crippen LogP contribution is -2.14. The Kier molecular flexibility index (Phi) is 4.89. The maximum atomic E-state index is 5.67. The number of hydrogen-bond donors (Lipinski definition) is 4. The van der Waals surface area contributed by atoms with Crippen LogP contribution in [0.15, 0.2) is 48.7 Å². The van der Waals surface area contributed by atoms with Crippen LogP contribution in [0.1, 0.15) is 48.2 Å². The van der Waals surface area contributed by atoms with Crippen molar-refractivity contribution < 1.29 is 0 Å². The van der Waals surface area contributed by atoms with Crippen LogP contribution >= 0.6 is 0 Å². The van der Waals surface area contributed by atoms with Crippen LogP contribution in [-0.4, -0.2) is 26.5 Å². The minimum atomic E-state index is 0.374. The zero-order valence-electron chi connectivity index (χ0n) is 18.1.